The quantitative estimate of drug-likeness (QED) is 0.851. The van der Waals surface area contributed by atoms with Crippen molar-refractivity contribution in [3.05, 3.63) is 24.3 Å². The third-order valence-corrected chi connectivity index (χ3v) is 3.51. The van der Waals surface area contributed by atoms with Crippen LogP contribution in [0.1, 0.15) is 25.3 Å². The molecule has 1 N–H and O–H groups in total. The molecule has 1 fully saturated rings. The highest BCUT2D eigenvalue weighted by atomic mass is 79.9. The molecule has 104 valence electrons. The average molecular weight is 336 g/mol. The van der Waals surface area contributed by atoms with Gasteiger partial charge in [-0.05, 0) is 35.4 Å². The topological polar surface area (TPSA) is 72.7 Å². The third kappa shape index (κ3) is 2.87. The van der Waals surface area contributed by atoms with Gasteiger partial charge in [0.2, 0.25) is 5.91 Å². The number of alkyl halides is 1. The lowest BCUT2D eigenvalue weighted by molar-refractivity contribution is -0.115. The molecule has 7 heteroatoms. The molecule has 0 unspecified atom stereocenters. The van der Waals surface area contributed by atoms with Crippen LogP contribution in [-0.4, -0.2) is 31.4 Å². The summed E-state index contributed by atoms with van der Waals surface area (Å²) >= 11 is 3.25. The molecule has 0 radical (unpaired) electrons. The predicted octanol–water partition coefficient (Wildman–Crippen LogP) is 2.40. The highest BCUT2D eigenvalue weighted by Crippen LogP contribution is 2.36. The van der Waals surface area contributed by atoms with Gasteiger partial charge >= 0.3 is 0 Å². The third-order valence-electron chi connectivity index (χ3n) is 3.11. The van der Waals surface area contributed by atoms with Crippen molar-refractivity contribution < 1.29 is 4.79 Å². The van der Waals surface area contributed by atoms with Crippen LogP contribution in [0.2, 0.25) is 0 Å². The average Bonchev–Trinajstić information content (AvgIpc) is 3.16. The number of tetrazole rings is 1. The van der Waals surface area contributed by atoms with Crippen LogP contribution in [0, 0.1) is 0 Å². The maximum Gasteiger partial charge on any atom is 0.225 e. The Kier molecular flexibility index (Phi) is 3.77. The van der Waals surface area contributed by atoms with Gasteiger partial charge in [0.25, 0.3) is 0 Å². The fourth-order valence-corrected chi connectivity index (χ4v) is 2.35. The Labute approximate surface area is 124 Å². The van der Waals surface area contributed by atoms with E-state index in [1.807, 2.05) is 28.9 Å². The molecule has 1 aromatic heterocycles. The molecule has 1 heterocycles. The van der Waals surface area contributed by atoms with Gasteiger partial charge in [0, 0.05) is 23.0 Å². The number of hydrogen-bond acceptors (Lipinski definition) is 4. The van der Waals surface area contributed by atoms with E-state index in [-0.39, 0.29) is 5.91 Å². The van der Waals surface area contributed by atoms with Crippen LogP contribution in [0.4, 0.5) is 5.69 Å². The number of hydrogen-bond donors (Lipinski definition) is 1. The minimum atomic E-state index is -0.0131. The van der Waals surface area contributed by atoms with E-state index in [4.69, 9.17) is 0 Å². The van der Waals surface area contributed by atoms with E-state index in [1.54, 1.807) is 0 Å². The Bertz CT molecular complexity index is 623. The van der Waals surface area contributed by atoms with Gasteiger partial charge in [-0.25, -0.2) is 4.68 Å². The van der Waals surface area contributed by atoms with Crippen molar-refractivity contribution in [2.45, 2.75) is 25.3 Å². The maximum absolute atomic E-state index is 11.6. The van der Waals surface area contributed by atoms with Gasteiger partial charge in [0.1, 0.15) is 0 Å². The number of carbonyl (C=O) groups excluding carboxylic acids is 1. The zero-order valence-electron chi connectivity index (χ0n) is 10.8. The molecular weight excluding hydrogens is 322 g/mol. The van der Waals surface area contributed by atoms with Gasteiger partial charge in [-0.2, -0.15) is 0 Å². The minimum Gasteiger partial charge on any atom is -0.326 e. The lowest BCUT2D eigenvalue weighted by Gasteiger charge is -2.07. The molecule has 1 aliphatic rings. The Balaban J connectivity index is 1.83. The molecular formula is C13H14BrN5O. The summed E-state index contributed by atoms with van der Waals surface area (Å²) in [6.45, 7) is 0. The number of rotatable bonds is 5. The monoisotopic (exact) mass is 335 g/mol. The Morgan fingerprint density at radius 2 is 2.30 bits per heavy atom. The number of halogens is 1. The number of benzene rings is 1. The Morgan fingerprint density at radius 3 is 3.05 bits per heavy atom. The largest absolute Gasteiger partial charge is 0.326 e. The summed E-state index contributed by atoms with van der Waals surface area (Å²) in [5, 5.41) is 15.4. The van der Waals surface area contributed by atoms with Crippen molar-refractivity contribution in [3.63, 3.8) is 0 Å². The van der Waals surface area contributed by atoms with Crippen molar-refractivity contribution in [2.75, 3.05) is 10.6 Å². The van der Waals surface area contributed by atoms with Crippen molar-refractivity contribution >= 4 is 27.5 Å². The highest BCUT2D eigenvalue weighted by Gasteiger charge is 2.28. The molecule has 0 spiro atoms. The van der Waals surface area contributed by atoms with E-state index in [0.717, 1.165) is 29.9 Å². The van der Waals surface area contributed by atoms with Crippen LogP contribution >= 0.6 is 15.9 Å². The SMILES string of the molecule is O=C(CCBr)Nc1cccc(-c2nnnn2C2CC2)c1. The van der Waals surface area contributed by atoms with Crippen LogP contribution in [0.15, 0.2) is 24.3 Å². The van der Waals surface area contributed by atoms with E-state index in [2.05, 4.69) is 36.8 Å². The lowest BCUT2D eigenvalue weighted by Crippen LogP contribution is -2.11. The molecule has 0 bridgehead atoms. The summed E-state index contributed by atoms with van der Waals surface area (Å²) in [7, 11) is 0. The summed E-state index contributed by atoms with van der Waals surface area (Å²) in [5.74, 6) is 0.741. The summed E-state index contributed by atoms with van der Waals surface area (Å²) in [6.07, 6.45) is 2.70. The summed E-state index contributed by atoms with van der Waals surface area (Å²) in [6, 6.07) is 8.03. The lowest BCUT2D eigenvalue weighted by atomic mass is 10.2. The van der Waals surface area contributed by atoms with Gasteiger partial charge in [-0.15, -0.1) is 5.10 Å². The van der Waals surface area contributed by atoms with Gasteiger partial charge in [-0.1, -0.05) is 28.1 Å². The standard InChI is InChI=1S/C13H14BrN5O/c14-7-6-12(20)15-10-3-1-2-9(8-10)13-16-17-18-19(13)11-4-5-11/h1-3,8,11H,4-7H2,(H,15,20). The van der Waals surface area contributed by atoms with Crippen LogP contribution < -0.4 is 5.32 Å². The minimum absolute atomic E-state index is 0.0131. The molecule has 1 aromatic carbocycles. The summed E-state index contributed by atoms with van der Waals surface area (Å²) < 4.78 is 1.86. The second-order valence-corrected chi connectivity index (χ2v) is 5.54. The zero-order valence-corrected chi connectivity index (χ0v) is 12.4. The normalized spacial score (nSPS) is 14.2. The van der Waals surface area contributed by atoms with Crippen LogP contribution in [0.3, 0.4) is 0 Å². The fraction of sp³-hybridized carbons (Fsp3) is 0.385. The second-order valence-electron chi connectivity index (χ2n) is 4.75. The number of carbonyl (C=O) groups is 1. The molecule has 6 nitrogen and oxygen atoms in total. The van der Waals surface area contributed by atoms with Crippen LogP contribution in [0.5, 0.6) is 0 Å². The molecule has 1 aliphatic carbocycles. The first-order chi connectivity index (χ1) is 9.78. The fourth-order valence-electron chi connectivity index (χ4n) is 1.99. The van der Waals surface area contributed by atoms with E-state index in [1.165, 1.54) is 0 Å². The number of anilines is 1. The van der Waals surface area contributed by atoms with Crippen molar-refractivity contribution in [1.82, 2.24) is 20.2 Å². The zero-order chi connectivity index (χ0) is 13.9. The van der Waals surface area contributed by atoms with E-state index >= 15 is 0 Å². The van der Waals surface area contributed by atoms with Gasteiger partial charge in [-0.3, -0.25) is 4.79 Å². The molecule has 3 rings (SSSR count). The predicted molar refractivity (Wildman–Crippen MR) is 78.6 cm³/mol. The van der Waals surface area contributed by atoms with Gasteiger partial charge in [0.05, 0.1) is 6.04 Å². The highest BCUT2D eigenvalue weighted by molar-refractivity contribution is 9.09. The van der Waals surface area contributed by atoms with Crippen molar-refractivity contribution in [1.29, 1.82) is 0 Å². The van der Waals surface area contributed by atoms with Gasteiger partial charge < -0.3 is 5.32 Å². The first-order valence-electron chi connectivity index (χ1n) is 6.52. The smallest absolute Gasteiger partial charge is 0.225 e. The number of aromatic nitrogens is 4. The first kappa shape index (κ1) is 13.2. The van der Waals surface area contributed by atoms with E-state index in [0.29, 0.717) is 17.8 Å². The maximum atomic E-state index is 11.6. The molecule has 20 heavy (non-hydrogen) atoms. The van der Waals surface area contributed by atoms with E-state index in [9.17, 15) is 4.79 Å². The second kappa shape index (κ2) is 5.70. The molecule has 1 saturated carbocycles. The first-order valence-corrected chi connectivity index (χ1v) is 7.64. The molecule has 0 saturated heterocycles. The van der Waals surface area contributed by atoms with Crippen molar-refractivity contribution in [3.8, 4) is 11.4 Å². The molecule has 0 atom stereocenters. The Morgan fingerprint density at radius 1 is 1.45 bits per heavy atom. The van der Waals surface area contributed by atoms with Crippen molar-refractivity contribution in [2.24, 2.45) is 0 Å². The van der Waals surface area contributed by atoms with Gasteiger partial charge in [0.15, 0.2) is 5.82 Å². The van der Waals surface area contributed by atoms with E-state index < -0.39 is 0 Å². The number of nitrogens with one attached hydrogen (secondary N) is 1. The van der Waals surface area contributed by atoms with Crippen LogP contribution in [-0.2, 0) is 4.79 Å². The van der Waals surface area contributed by atoms with Crippen LogP contribution in [0.25, 0.3) is 11.4 Å². The number of amides is 1. The summed E-state index contributed by atoms with van der Waals surface area (Å²) in [5.41, 5.74) is 1.68. The Hall–Kier alpha value is -1.76. The molecule has 1 amide bonds. The molecule has 2 aromatic rings. The number of nitrogens with zero attached hydrogens (tertiary/aromatic N) is 4. The molecule has 0 aliphatic heterocycles. The summed E-state index contributed by atoms with van der Waals surface area (Å²) in [4.78, 5) is 11.6.